The Morgan fingerprint density at radius 2 is 1.88 bits per heavy atom. The molecule has 26 heavy (non-hydrogen) atoms. The molecule has 0 radical (unpaired) electrons. The molecule has 2 aromatic rings. The maximum atomic E-state index is 12.9. The molecule has 0 atom stereocenters. The summed E-state index contributed by atoms with van der Waals surface area (Å²) < 4.78 is 27.1. The van der Waals surface area contributed by atoms with Crippen molar-refractivity contribution < 1.29 is 13.2 Å². The molecule has 0 saturated heterocycles. The van der Waals surface area contributed by atoms with E-state index in [0.717, 1.165) is 16.7 Å². The second kappa shape index (κ2) is 7.57. The van der Waals surface area contributed by atoms with Crippen LogP contribution in [0.5, 0.6) is 0 Å². The molecule has 0 fully saturated rings. The van der Waals surface area contributed by atoms with E-state index in [1.807, 2.05) is 30.3 Å². The van der Waals surface area contributed by atoms with Crippen LogP contribution < -0.4 is 5.73 Å². The van der Waals surface area contributed by atoms with Gasteiger partial charge in [0.25, 0.3) is 0 Å². The molecule has 138 valence electrons. The van der Waals surface area contributed by atoms with Crippen LogP contribution in [0.2, 0.25) is 0 Å². The number of benzene rings is 2. The number of amides is 1. The fraction of sp³-hybridized carbons (Fsp3) is 0.316. The van der Waals surface area contributed by atoms with E-state index >= 15 is 0 Å². The monoisotopic (exact) mass is 373 g/mol. The molecule has 6 nitrogen and oxygen atoms in total. The Bertz CT molecular complexity index is 898. The normalized spacial score (nSPS) is 14.3. The minimum absolute atomic E-state index is 0.00786. The van der Waals surface area contributed by atoms with Crippen LogP contribution in [0.3, 0.4) is 0 Å². The van der Waals surface area contributed by atoms with Crippen molar-refractivity contribution in [2.45, 2.75) is 24.4 Å². The molecule has 0 saturated carbocycles. The minimum atomic E-state index is -3.57. The number of carbonyl (C=O) groups excluding carboxylic acids is 1. The molecule has 1 amide bonds. The molecule has 2 N–H and O–H groups in total. The zero-order valence-electron chi connectivity index (χ0n) is 14.8. The third-order valence-corrected chi connectivity index (χ3v) is 6.47. The van der Waals surface area contributed by atoms with Crippen LogP contribution in [0.1, 0.15) is 16.7 Å². The Morgan fingerprint density at radius 1 is 1.15 bits per heavy atom. The first-order valence-electron chi connectivity index (χ1n) is 8.51. The smallest absolute Gasteiger partial charge is 0.243 e. The zero-order chi connectivity index (χ0) is 18.7. The summed E-state index contributed by atoms with van der Waals surface area (Å²) in [5.41, 5.74) is 8.31. The highest BCUT2D eigenvalue weighted by Crippen LogP contribution is 2.24. The zero-order valence-corrected chi connectivity index (χ0v) is 15.6. The van der Waals surface area contributed by atoms with Crippen molar-refractivity contribution in [2.75, 3.05) is 20.1 Å². The highest BCUT2D eigenvalue weighted by atomic mass is 32.2. The van der Waals surface area contributed by atoms with Crippen LogP contribution in [0.25, 0.3) is 0 Å². The SMILES string of the molecule is CN(Cc1ccccc1)S(=O)(=O)c1ccc2c(c1)CCN(C(=O)CN)C2. The molecule has 0 unspecified atom stereocenters. The first kappa shape index (κ1) is 18.6. The lowest BCUT2D eigenvalue weighted by molar-refractivity contribution is -0.130. The second-order valence-electron chi connectivity index (χ2n) is 6.45. The molecule has 1 aliphatic rings. The van der Waals surface area contributed by atoms with Gasteiger partial charge in [-0.2, -0.15) is 4.31 Å². The molecule has 2 aromatic carbocycles. The molecule has 1 aliphatic heterocycles. The number of sulfonamides is 1. The summed E-state index contributed by atoms with van der Waals surface area (Å²) >= 11 is 0. The lowest BCUT2D eigenvalue weighted by Gasteiger charge is -2.29. The maximum absolute atomic E-state index is 12.9. The van der Waals surface area contributed by atoms with Crippen LogP contribution >= 0.6 is 0 Å². The summed E-state index contributed by atoms with van der Waals surface area (Å²) in [6.45, 7) is 1.35. The highest BCUT2D eigenvalue weighted by molar-refractivity contribution is 7.89. The maximum Gasteiger partial charge on any atom is 0.243 e. The summed E-state index contributed by atoms with van der Waals surface area (Å²) in [6.07, 6.45) is 0.632. The lowest BCUT2D eigenvalue weighted by atomic mass is 10.00. The number of nitrogens with two attached hydrogens (primary N) is 1. The first-order chi connectivity index (χ1) is 12.4. The van der Waals surface area contributed by atoms with Gasteiger partial charge < -0.3 is 10.6 Å². The standard InChI is InChI=1S/C19H23N3O3S/c1-21(13-15-5-3-2-4-6-15)26(24,25)18-8-7-17-14-22(19(23)12-20)10-9-16(17)11-18/h2-8,11H,9-10,12-14,20H2,1H3. The van der Waals surface area contributed by atoms with E-state index in [4.69, 9.17) is 5.73 Å². The first-order valence-corrected chi connectivity index (χ1v) is 9.95. The topological polar surface area (TPSA) is 83.7 Å². The molecule has 0 aromatic heterocycles. The summed E-state index contributed by atoms with van der Waals surface area (Å²) in [6, 6.07) is 14.6. The van der Waals surface area contributed by atoms with Gasteiger partial charge >= 0.3 is 0 Å². The van der Waals surface area contributed by atoms with Gasteiger partial charge in [-0.3, -0.25) is 4.79 Å². The molecule has 0 aliphatic carbocycles. The lowest BCUT2D eigenvalue weighted by Crippen LogP contribution is -2.39. The molecule has 1 heterocycles. The molecule has 0 spiro atoms. The van der Waals surface area contributed by atoms with Gasteiger partial charge in [-0.1, -0.05) is 36.4 Å². The van der Waals surface area contributed by atoms with Gasteiger partial charge in [-0.25, -0.2) is 8.42 Å². The third-order valence-electron chi connectivity index (χ3n) is 4.67. The van der Waals surface area contributed by atoms with Crippen molar-refractivity contribution in [3.05, 3.63) is 65.2 Å². The Kier molecular flexibility index (Phi) is 5.41. The Balaban J connectivity index is 1.80. The summed E-state index contributed by atoms with van der Waals surface area (Å²) in [4.78, 5) is 13.8. The van der Waals surface area contributed by atoms with Gasteiger partial charge in [0.05, 0.1) is 11.4 Å². The van der Waals surface area contributed by atoms with Crippen LogP contribution in [-0.4, -0.2) is 43.7 Å². The Labute approximate surface area is 154 Å². The van der Waals surface area contributed by atoms with E-state index in [0.29, 0.717) is 26.1 Å². The fourth-order valence-corrected chi connectivity index (χ4v) is 4.35. The van der Waals surface area contributed by atoms with E-state index in [1.54, 1.807) is 30.1 Å². The van der Waals surface area contributed by atoms with E-state index < -0.39 is 10.0 Å². The Morgan fingerprint density at radius 3 is 2.58 bits per heavy atom. The van der Waals surface area contributed by atoms with Gasteiger partial charge in [0.15, 0.2) is 0 Å². The molecular weight excluding hydrogens is 350 g/mol. The van der Waals surface area contributed by atoms with E-state index in [1.165, 1.54) is 4.31 Å². The van der Waals surface area contributed by atoms with Gasteiger partial charge in [0, 0.05) is 26.7 Å². The summed E-state index contributed by atoms with van der Waals surface area (Å²) in [7, 11) is -1.99. The van der Waals surface area contributed by atoms with Crippen LogP contribution in [-0.2, 0) is 34.3 Å². The van der Waals surface area contributed by atoms with Gasteiger partial charge in [0.2, 0.25) is 15.9 Å². The minimum Gasteiger partial charge on any atom is -0.337 e. The van der Waals surface area contributed by atoms with Crippen LogP contribution in [0.15, 0.2) is 53.4 Å². The van der Waals surface area contributed by atoms with E-state index in [2.05, 4.69) is 0 Å². The van der Waals surface area contributed by atoms with Crippen molar-refractivity contribution in [3.63, 3.8) is 0 Å². The van der Waals surface area contributed by atoms with Crippen molar-refractivity contribution >= 4 is 15.9 Å². The van der Waals surface area contributed by atoms with E-state index in [-0.39, 0.29) is 17.3 Å². The largest absolute Gasteiger partial charge is 0.337 e. The van der Waals surface area contributed by atoms with Crippen LogP contribution in [0.4, 0.5) is 0 Å². The molecule has 7 heteroatoms. The number of carbonyl (C=O) groups is 1. The van der Waals surface area contributed by atoms with Crippen molar-refractivity contribution in [1.82, 2.24) is 9.21 Å². The summed E-state index contributed by atoms with van der Waals surface area (Å²) in [5, 5.41) is 0. The molecule has 3 rings (SSSR count). The summed E-state index contributed by atoms with van der Waals surface area (Å²) in [5.74, 6) is -0.0880. The number of hydrogen-bond acceptors (Lipinski definition) is 4. The third kappa shape index (κ3) is 3.80. The second-order valence-corrected chi connectivity index (χ2v) is 8.49. The number of nitrogens with zero attached hydrogens (tertiary/aromatic N) is 2. The van der Waals surface area contributed by atoms with Gasteiger partial charge in [-0.05, 0) is 35.2 Å². The average molecular weight is 373 g/mol. The van der Waals surface area contributed by atoms with E-state index in [9.17, 15) is 13.2 Å². The van der Waals surface area contributed by atoms with Gasteiger partial charge in [0.1, 0.15) is 0 Å². The van der Waals surface area contributed by atoms with Crippen LogP contribution in [0, 0.1) is 0 Å². The van der Waals surface area contributed by atoms with Crippen molar-refractivity contribution in [2.24, 2.45) is 5.73 Å². The number of rotatable bonds is 5. The van der Waals surface area contributed by atoms with Crippen molar-refractivity contribution in [3.8, 4) is 0 Å². The predicted molar refractivity (Wildman–Crippen MR) is 99.7 cm³/mol. The highest BCUT2D eigenvalue weighted by Gasteiger charge is 2.25. The van der Waals surface area contributed by atoms with Crippen molar-refractivity contribution in [1.29, 1.82) is 0 Å². The average Bonchev–Trinajstić information content (AvgIpc) is 2.67. The fourth-order valence-electron chi connectivity index (χ4n) is 3.14. The number of fused-ring (bicyclic) bond motifs is 1. The number of hydrogen-bond donors (Lipinski definition) is 1. The quantitative estimate of drug-likeness (QED) is 0.858. The van der Waals surface area contributed by atoms with Gasteiger partial charge in [-0.15, -0.1) is 0 Å². The Hall–Kier alpha value is -2.22. The molecule has 0 bridgehead atoms. The predicted octanol–water partition coefficient (Wildman–Crippen LogP) is 1.35. The molecular formula is C19H23N3O3S.